The minimum absolute atomic E-state index is 0.150. The lowest BCUT2D eigenvalue weighted by atomic mass is 9.98. The van der Waals surface area contributed by atoms with E-state index in [0.29, 0.717) is 11.3 Å². The minimum atomic E-state index is -1.56. The predicted molar refractivity (Wildman–Crippen MR) is 131 cm³/mol. The number of aliphatic hydroxyl groups is 2. The van der Waals surface area contributed by atoms with Gasteiger partial charge < -0.3 is 20.6 Å². The van der Waals surface area contributed by atoms with Gasteiger partial charge in [-0.15, -0.1) is 0 Å². The van der Waals surface area contributed by atoms with E-state index in [9.17, 15) is 20.1 Å². The smallest absolute Gasteiger partial charge is 0.309 e. The quantitative estimate of drug-likeness (QED) is 0.302. The first-order valence-corrected chi connectivity index (χ1v) is 11.1. The van der Waals surface area contributed by atoms with Crippen LogP contribution in [0.15, 0.2) is 60.9 Å². The van der Waals surface area contributed by atoms with Gasteiger partial charge in [0.2, 0.25) is 5.82 Å². The molecule has 0 saturated heterocycles. The molecule has 0 amide bonds. The molecule has 0 unspecified atom stereocenters. The van der Waals surface area contributed by atoms with E-state index in [4.69, 9.17) is 0 Å². The Bertz CT molecular complexity index is 1390. The number of benzene rings is 2. The Kier molecular flexibility index (Phi) is 7.06. The number of aromatic nitrogens is 4. The van der Waals surface area contributed by atoms with Crippen molar-refractivity contribution in [1.29, 1.82) is 0 Å². The van der Waals surface area contributed by atoms with Crippen LogP contribution < -0.4 is 5.32 Å². The molecule has 0 aliphatic rings. The number of fused-ring (bicyclic) bond motifs is 1. The number of hydrogen-bond acceptors (Lipinski definition) is 7. The molecule has 9 heteroatoms. The van der Waals surface area contributed by atoms with Crippen LogP contribution in [0.4, 0.5) is 5.82 Å². The molecular formula is C26H25N5O4. The second-order valence-electron chi connectivity index (χ2n) is 7.92. The monoisotopic (exact) mass is 471 g/mol. The zero-order chi connectivity index (χ0) is 24.9. The van der Waals surface area contributed by atoms with Gasteiger partial charge in [0.05, 0.1) is 12.2 Å². The lowest BCUT2D eigenvalue weighted by molar-refractivity contribution is -0.152. The van der Waals surface area contributed by atoms with Gasteiger partial charge in [-0.05, 0) is 35.6 Å². The number of imidazole rings is 1. The van der Waals surface area contributed by atoms with Crippen LogP contribution in [-0.2, 0) is 4.79 Å². The molecule has 0 bridgehead atoms. The number of carboxylic acids is 1. The standard InChI is InChI=1S/C26H25N5O4/c1-3-19(26(34)35)22(32)25(33)31-15-28-21-23(27-2)29-20(30-24(21)31)14-11-16-9-12-18(13-10-16)17-7-5-4-6-8-17/h4-10,12-13,15,19,22,25,32-33H,3H2,1-2H3,(H,34,35)(H,27,29,30)/t19-,22+,25+/m0/s1. The van der Waals surface area contributed by atoms with Gasteiger partial charge in [-0.3, -0.25) is 9.36 Å². The van der Waals surface area contributed by atoms with E-state index >= 15 is 0 Å². The molecule has 3 atom stereocenters. The number of anilines is 1. The van der Waals surface area contributed by atoms with Crippen molar-refractivity contribution in [2.75, 3.05) is 12.4 Å². The first-order valence-electron chi connectivity index (χ1n) is 11.1. The molecule has 0 saturated carbocycles. The number of nitrogens with one attached hydrogen (secondary N) is 1. The van der Waals surface area contributed by atoms with Crippen molar-refractivity contribution in [3.05, 3.63) is 72.3 Å². The van der Waals surface area contributed by atoms with E-state index in [1.54, 1.807) is 14.0 Å². The van der Waals surface area contributed by atoms with Gasteiger partial charge in [0.1, 0.15) is 6.10 Å². The highest BCUT2D eigenvalue weighted by atomic mass is 16.4. The van der Waals surface area contributed by atoms with E-state index in [1.165, 1.54) is 10.9 Å². The summed E-state index contributed by atoms with van der Waals surface area (Å²) in [5.74, 6) is 4.21. The van der Waals surface area contributed by atoms with E-state index < -0.39 is 24.2 Å². The number of hydrogen-bond donors (Lipinski definition) is 4. The summed E-state index contributed by atoms with van der Waals surface area (Å²) in [5, 5.41) is 33.4. The van der Waals surface area contributed by atoms with Crippen molar-refractivity contribution >= 4 is 23.0 Å². The van der Waals surface area contributed by atoms with Crippen LogP contribution in [0.3, 0.4) is 0 Å². The molecule has 178 valence electrons. The average Bonchev–Trinajstić information content (AvgIpc) is 3.31. The summed E-state index contributed by atoms with van der Waals surface area (Å²) in [6.45, 7) is 1.63. The Morgan fingerprint density at radius 3 is 2.34 bits per heavy atom. The maximum Gasteiger partial charge on any atom is 0.309 e. The number of nitrogens with zero attached hydrogens (tertiary/aromatic N) is 4. The summed E-state index contributed by atoms with van der Waals surface area (Å²) in [4.78, 5) is 24.5. The number of aliphatic carboxylic acids is 1. The molecule has 9 nitrogen and oxygen atoms in total. The zero-order valence-corrected chi connectivity index (χ0v) is 19.3. The fourth-order valence-corrected chi connectivity index (χ4v) is 3.78. The van der Waals surface area contributed by atoms with Crippen molar-refractivity contribution in [1.82, 2.24) is 19.5 Å². The summed E-state index contributed by atoms with van der Waals surface area (Å²) in [6, 6.07) is 17.8. The topological polar surface area (TPSA) is 133 Å². The second-order valence-corrected chi connectivity index (χ2v) is 7.92. The van der Waals surface area contributed by atoms with Crippen molar-refractivity contribution < 1.29 is 20.1 Å². The van der Waals surface area contributed by atoms with Crippen LogP contribution in [0.25, 0.3) is 22.3 Å². The van der Waals surface area contributed by atoms with E-state index in [0.717, 1.165) is 16.7 Å². The van der Waals surface area contributed by atoms with Crippen LogP contribution in [0, 0.1) is 17.8 Å². The summed E-state index contributed by atoms with van der Waals surface area (Å²) in [6.07, 6.45) is -1.67. The van der Waals surface area contributed by atoms with Gasteiger partial charge in [0, 0.05) is 12.6 Å². The average molecular weight is 472 g/mol. The fraction of sp³-hybridized carbons (Fsp3) is 0.231. The molecule has 4 N–H and O–H groups in total. The van der Waals surface area contributed by atoms with Crippen LogP contribution >= 0.6 is 0 Å². The molecule has 2 aromatic carbocycles. The molecule has 0 fully saturated rings. The molecule has 35 heavy (non-hydrogen) atoms. The summed E-state index contributed by atoms with van der Waals surface area (Å²) >= 11 is 0. The highest BCUT2D eigenvalue weighted by Gasteiger charge is 2.32. The summed E-state index contributed by atoms with van der Waals surface area (Å²) < 4.78 is 1.23. The maximum atomic E-state index is 11.4. The van der Waals surface area contributed by atoms with Gasteiger partial charge in [0.25, 0.3) is 0 Å². The Morgan fingerprint density at radius 2 is 1.71 bits per heavy atom. The number of carbonyl (C=O) groups is 1. The molecule has 4 rings (SSSR count). The van der Waals surface area contributed by atoms with Gasteiger partial charge in [-0.1, -0.05) is 55.3 Å². The Balaban J connectivity index is 1.66. The van der Waals surface area contributed by atoms with Crippen LogP contribution in [0.5, 0.6) is 0 Å². The molecule has 0 aliphatic carbocycles. The molecular weight excluding hydrogens is 446 g/mol. The minimum Gasteiger partial charge on any atom is -0.481 e. The van der Waals surface area contributed by atoms with Gasteiger partial charge in [-0.25, -0.2) is 15.0 Å². The largest absolute Gasteiger partial charge is 0.481 e. The SMILES string of the molecule is CC[C@H](C(=O)O)[C@@H](O)[C@@H](O)n1cnc2c(NC)nc(C#Cc3ccc(-c4ccccc4)cc3)nc21. The first-order chi connectivity index (χ1) is 16.9. The van der Waals surface area contributed by atoms with Gasteiger partial charge >= 0.3 is 5.97 Å². The second kappa shape index (κ2) is 10.3. The van der Waals surface area contributed by atoms with E-state index in [-0.39, 0.29) is 17.9 Å². The van der Waals surface area contributed by atoms with Crippen molar-refractivity contribution in [2.24, 2.45) is 5.92 Å². The lowest BCUT2D eigenvalue weighted by Crippen LogP contribution is -2.35. The highest BCUT2D eigenvalue weighted by molar-refractivity contribution is 5.83. The first kappa shape index (κ1) is 23.9. The van der Waals surface area contributed by atoms with E-state index in [1.807, 2.05) is 54.6 Å². The third-order valence-electron chi connectivity index (χ3n) is 5.73. The molecule has 4 aromatic rings. The van der Waals surface area contributed by atoms with Crippen LogP contribution in [-0.4, -0.2) is 54.0 Å². The van der Waals surface area contributed by atoms with Gasteiger partial charge in [-0.2, -0.15) is 0 Å². The molecule has 0 spiro atoms. The van der Waals surface area contributed by atoms with E-state index in [2.05, 4.69) is 32.1 Å². The van der Waals surface area contributed by atoms with Crippen molar-refractivity contribution in [2.45, 2.75) is 25.7 Å². The van der Waals surface area contributed by atoms with Crippen LogP contribution in [0.1, 0.15) is 31.0 Å². The molecule has 2 heterocycles. The molecule has 0 aliphatic heterocycles. The number of aliphatic hydroxyl groups excluding tert-OH is 2. The predicted octanol–water partition coefficient (Wildman–Crippen LogP) is 2.90. The Labute approximate surface area is 202 Å². The number of carboxylic acid groups (broad SMARTS) is 1. The summed E-state index contributed by atoms with van der Waals surface area (Å²) in [5.41, 5.74) is 3.55. The normalized spacial score (nSPS) is 13.5. The maximum absolute atomic E-state index is 11.4. The molecule has 2 aromatic heterocycles. The molecule has 0 radical (unpaired) electrons. The third-order valence-corrected chi connectivity index (χ3v) is 5.73. The zero-order valence-electron chi connectivity index (χ0n) is 19.3. The lowest BCUT2D eigenvalue weighted by Gasteiger charge is -2.23. The van der Waals surface area contributed by atoms with Gasteiger partial charge in [0.15, 0.2) is 23.2 Å². The van der Waals surface area contributed by atoms with Crippen molar-refractivity contribution in [3.8, 4) is 23.0 Å². The fourth-order valence-electron chi connectivity index (χ4n) is 3.78. The Hall–Kier alpha value is -4.26. The summed E-state index contributed by atoms with van der Waals surface area (Å²) in [7, 11) is 1.67. The van der Waals surface area contributed by atoms with Crippen molar-refractivity contribution in [3.63, 3.8) is 0 Å². The van der Waals surface area contributed by atoms with Crippen LogP contribution in [0.2, 0.25) is 0 Å². The third kappa shape index (κ3) is 4.99. The highest BCUT2D eigenvalue weighted by Crippen LogP contribution is 2.25. The number of rotatable bonds is 7. The Morgan fingerprint density at radius 1 is 1.03 bits per heavy atom.